The van der Waals surface area contributed by atoms with Crippen molar-refractivity contribution in [3.8, 4) is 23.0 Å². The molecule has 3 aliphatic rings. The van der Waals surface area contributed by atoms with Gasteiger partial charge in [-0.3, -0.25) is 0 Å². The summed E-state index contributed by atoms with van der Waals surface area (Å²) in [5.74, 6) is 3.50. The summed E-state index contributed by atoms with van der Waals surface area (Å²) in [4.78, 5) is 2.38. The topological polar surface area (TPSA) is 36.9 Å². The van der Waals surface area contributed by atoms with Gasteiger partial charge in [-0.25, -0.2) is 0 Å². The molecule has 0 N–H and O–H groups in total. The molecule has 3 aliphatic heterocycles. The first-order chi connectivity index (χ1) is 18.1. The minimum absolute atomic E-state index is 0.572. The molecular formula is C30H26O4S2Si. The van der Waals surface area contributed by atoms with Crippen LogP contribution in [0.4, 0.5) is 0 Å². The van der Waals surface area contributed by atoms with E-state index in [1.54, 1.807) is 22.7 Å². The van der Waals surface area contributed by atoms with Crippen LogP contribution in [0.1, 0.15) is 20.9 Å². The second-order valence-electron chi connectivity index (χ2n) is 9.77. The van der Waals surface area contributed by atoms with Gasteiger partial charge in [0.1, 0.15) is 34.5 Å². The molecule has 37 heavy (non-hydrogen) atoms. The van der Waals surface area contributed by atoms with Crippen LogP contribution in [0.5, 0.6) is 23.0 Å². The summed E-state index contributed by atoms with van der Waals surface area (Å²) in [6.45, 7) is 7.24. The zero-order valence-corrected chi connectivity index (χ0v) is 23.3. The van der Waals surface area contributed by atoms with E-state index in [4.69, 9.17) is 18.9 Å². The van der Waals surface area contributed by atoms with Gasteiger partial charge in [-0.15, -0.1) is 22.7 Å². The van der Waals surface area contributed by atoms with E-state index >= 15 is 0 Å². The van der Waals surface area contributed by atoms with E-state index in [-0.39, 0.29) is 0 Å². The summed E-state index contributed by atoms with van der Waals surface area (Å²) in [6, 6.07) is 21.6. The third kappa shape index (κ3) is 3.60. The Labute approximate surface area is 225 Å². The Kier molecular flexibility index (Phi) is 5.53. The third-order valence-electron chi connectivity index (χ3n) is 7.18. The summed E-state index contributed by atoms with van der Waals surface area (Å²) in [7, 11) is -2.31. The number of allylic oxidation sites excluding steroid dienone is 2. The standard InChI is InChI=1S/C30H26O4S2Si/c1-37(2)29(27-25-21(17-35-27)31-13-15-33-25)23(19-9-5-3-6-10-19)24(20-11-7-4-8-12-20)30(37)28-26-22(18-36-28)32-14-16-34-26/h3-12,17-18H,13-16H2,1-2H3. The van der Waals surface area contributed by atoms with Gasteiger partial charge >= 0.3 is 0 Å². The minimum Gasteiger partial charge on any atom is -0.485 e. The van der Waals surface area contributed by atoms with Crippen molar-refractivity contribution < 1.29 is 18.9 Å². The molecule has 0 aliphatic carbocycles. The van der Waals surface area contributed by atoms with E-state index in [9.17, 15) is 0 Å². The van der Waals surface area contributed by atoms with Gasteiger partial charge in [0.2, 0.25) is 0 Å². The van der Waals surface area contributed by atoms with Crippen molar-refractivity contribution in [2.45, 2.75) is 13.1 Å². The molecule has 0 unspecified atom stereocenters. The molecule has 0 fully saturated rings. The van der Waals surface area contributed by atoms with E-state index in [0.717, 1.165) is 23.0 Å². The number of benzene rings is 2. The fourth-order valence-electron chi connectivity index (χ4n) is 5.65. The summed E-state index contributed by atoms with van der Waals surface area (Å²) in [5, 5.41) is 6.99. The highest BCUT2D eigenvalue weighted by Crippen LogP contribution is 2.61. The van der Waals surface area contributed by atoms with Crippen molar-refractivity contribution in [2.24, 2.45) is 0 Å². The summed E-state index contributed by atoms with van der Waals surface area (Å²) < 4.78 is 24.5. The SMILES string of the molecule is C[Si]1(C)C(c2scc3c2OCCO3)=C(c2ccccc2)C(c2ccccc2)=C1c1scc2c1OCCO2. The zero-order chi connectivity index (χ0) is 25.0. The predicted octanol–water partition coefficient (Wildman–Crippen LogP) is 7.67. The van der Waals surface area contributed by atoms with Crippen molar-refractivity contribution in [2.75, 3.05) is 26.4 Å². The maximum Gasteiger partial charge on any atom is 0.179 e. The van der Waals surface area contributed by atoms with Gasteiger partial charge in [-0.1, -0.05) is 73.8 Å². The highest BCUT2D eigenvalue weighted by atomic mass is 32.1. The lowest BCUT2D eigenvalue weighted by Gasteiger charge is -2.27. The molecule has 186 valence electrons. The van der Waals surface area contributed by atoms with Gasteiger partial charge in [0.05, 0.1) is 9.75 Å². The summed E-state index contributed by atoms with van der Waals surface area (Å²) >= 11 is 3.47. The molecule has 4 nitrogen and oxygen atoms in total. The van der Waals surface area contributed by atoms with Gasteiger partial charge in [0.25, 0.3) is 0 Å². The molecule has 0 atom stereocenters. The number of thiophene rings is 2. The number of hydrogen-bond donors (Lipinski definition) is 0. The molecule has 7 rings (SSSR count). The van der Waals surface area contributed by atoms with Gasteiger partial charge in [0.15, 0.2) is 23.0 Å². The number of rotatable bonds is 4. The van der Waals surface area contributed by atoms with Gasteiger partial charge in [-0.2, -0.15) is 0 Å². The molecule has 2 aromatic heterocycles. The van der Waals surface area contributed by atoms with Gasteiger partial charge < -0.3 is 18.9 Å². The highest BCUT2D eigenvalue weighted by Gasteiger charge is 2.47. The average molecular weight is 543 g/mol. The maximum absolute atomic E-state index is 6.25. The normalized spacial score (nSPS) is 17.9. The van der Waals surface area contributed by atoms with Crippen LogP contribution in [-0.2, 0) is 0 Å². The first-order valence-corrected chi connectivity index (χ1v) is 17.3. The summed E-state index contributed by atoms with van der Waals surface area (Å²) in [6.07, 6.45) is 0. The van der Waals surface area contributed by atoms with E-state index in [1.165, 1.54) is 42.4 Å². The van der Waals surface area contributed by atoms with Gasteiger partial charge in [0, 0.05) is 10.8 Å². The second-order valence-corrected chi connectivity index (χ2v) is 15.8. The second kappa shape index (κ2) is 8.94. The Hall–Kier alpha value is -3.26. The van der Waals surface area contributed by atoms with Crippen molar-refractivity contribution in [1.82, 2.24) is 0 Å². The van der Waals surface area contributed by atoms with E-state index in [2.05, 4.69) is 84.5 Å². The fraction of sp³-hybridized carbons (Fsp3) is 0.200. The molecule has 0 spiro atoms. The molecule has 5 heterocycles. The average Bonchev–Trinajstić information content (AvgIpc) is 3.61. The number of ether oxygens (including phenoxy) is 4. The van der Waals surface area contributed by atoms with E-state index in [0.29, 0.717) is 26.4 Å². The molecule has 4 aromatic rings. The zero-order valence-electron chi connectivity index (χ0n) is 20.7. The molecule has 0 amide bonds. The lowest BCUT2D eigenvalue weighted by molar-refractivity contribution is 0.173. The van der Waals surface area contributed by atoms with Crippen LogP contribution < -0.4 is 18.9 Å². The first kappa shape index (κ1) is 22.9. The van der Waals surface area contributed by atoms with Crippen molar-refractivity contribution in [3.63, 3.8) is 0 Å². The molecule has 7 heteroatoms. The first-order valence-electron chi connectivity index (χ1n) is 12.5. The molecule has 0 saturated heterocycles. The largest absolute Gasteiger partial charge is 0.485 e. The minimum atomic E-state index is -2.31. The Morgan fingerprint density at radius 3 is 1.41 bits per heavy atom. The molecule has 0 bridgehead atoms. The van der Waals surface area contributed by atoms with Crippen molar-refractivity contribution in [3.05, 3.63) is 92.3 Å². The third-order valence-corrected chi connectivity index (χ3v) is 13.0. The number of fused-ring (bicyclic) bond motifs is 2. The van der Waals surface area contributed by atoms with Crippen LogP contribution in [-0.4, -0.2) is 34.5 Å². The van der Waals surface area contributed by atoms with Crippen LogP contribution in [0.3, 0.4) is 0 Å². The quantitative estimate of drug-likeness (QED) is 0.248. The molecule has 2 aromatic carbocycles. The maximum atomic E-state index is 6.25. The van der Waals surface area contributed by atoms with Crippen LogP contribution in [0, 0.1) is 0 Å². The smallest absolute Gasteiger partial charge is 0.179 e. The Bertz CT molecular complexity index is 1430. The number of hydrogen-bond acceptors (Lipinski definition) is 6. The van der Waals surface area contributed by atoms with Crippen LogP contribution in [0.2, 0.25) is 13.1 Å². The Balaban J connectivity index is 1.57. The highest BCUT2D eigenvalue weighted by molar-refractivity contribution is 7.23. The Morgan fingerprint density at radius 2 is 0.973 bits per heavy atom. The van der Waals surface area contributed by atoms with Crippen LogP contribution >= 0.6 is 22.7 Å². The van der Waals surface area contributed by atoms with E-state index < -0.39 is 8.07 Å². The monoisotopic (exact) mass is 542 g/mol. The molecular weight excluding hydrogens is 517 g/mol. The van der Waals surface area contributed by atoms with Gasteiger partial charge in [-0.05, 0) is 32.7 Å². The lowest BCUT2D eigenvalue weighted by Crippen LogP contribution is -2.29. The fourth-order valence-corrected chi connectivity index (χ4v) is 12.7. The summed E-state index contributed by atoms with van der Waals surface area (Å²) in [5.41, 5.74) is 5.01. The Morgan fingerprint density at radius 1 is 0.568 bits per heavy atom. The molecule has 0 radical (unpaired) electrons. The van der Waals surface area contributed by atoms with Crippen molar-refractivity contribution in [1.29, 1.82) is 0 Å². The van der Waals surface area contributed by atoms with E-state index in [1.807, 2.05) is 0 Å². The van der Waals surface area contributed by atoms with Crippen LogP contribution in [0.25, 0.3) is 21.5 Å². The lowest BCUT2D eigenvalue weighted by atomic mass is 9.91. The molecule has 0 saturated carbocycles. The van der Waals surface area contributed by atoms with Crippen molar-refractivity contribution >= 4 is 52.3 Å². The van der Waals surface area contributed by atoms with Crippen LogP contribution in [0.15, 0.2) is 71.4 Å². The predicted molar refractivity (Wildman–Crippen MR) is 155 cm³/mol.